The number of nitriles is 1. The van der Waals surface area contributed by atoms with Crippen molar-refractivity contribution >= 4 is 6.09 Å². The van der Waals surface area contributed by atoms with Crippen molar-refractivity contribution in [3.63, 3.8) is 0 Å². The minimum Gasteiger partial charge on any atom is -0.444 e. The van der Waals surface area contributed by atoms with Gasteiger partial charge in [0, 0.05) is 38.3 Å². The van der Waals surface area contributed by atoms with Crippen molar-refractivity contribution in [1.29, 1.82) is 5.26 Å². The molecule has 0 aliphatic carbocycles. The zero-order valence-corrected chi connectivity index (χ0v) is 14.5. The van der Waals surface area contributed by atoms with E-state index in [0.29, 0.717) is 18.0 Å². The first-order valence-corrected chi connectivity index (χ1v) is 8.26. The molecule has 5 nitrogen and oxygen atoms in total. The zero-order chi connectivity index (χ0) is 17.3. The summed E-state index contributed by atoms with van der Waals surface area (Å²) in [6.45, 7) is 8.81. The normalized spacial score (nSPS) is 19.8. The van der Waals surface area contributed by atoms with Gasteiger partial charge in [0.1, 0.15) is 5.60 Å². The summed E-state index contributed by atoms with van der Waals surface area (Å²) in [4.78, 5) is 16.2. The van der Waals surface area contributed by atoms with E-state index in [1.165, 1.54) is 11.1 Å². The summed E-state index contributed by atoms with van der Waals surface area (Å²) >= 11 is 0. The molecule has 3 rings (SSSR count). The van der Waals surface area contributed by atoms with Crippen molar-refractivity contribution in [2.75, 3.05) is 19.6 Å². The summed E-state index contributed by atoms with van der Waals surface area (Å²) < 4.78 is 5.45. The Kier molecular flexibility index (Phi) is 4.23. The smallest absolute Gasteiger partial charge is 0.410 e. The lowest BCUT2D eigenvalue weighted by Crippen LogP contribution is -2.36. The lowest BCUT2D eigenvalue weighted by molar-refractivity contribution is 0.0287. The van der Waals surface area contributed by atoms with E-state index in [1.807, 2.05) is 45.0 Å². The van der Waals surface area contributed by atoms with Gasteiger partial charge < -0.3 is 14.5 Å². The Balaban J connectivity index is 1.58. The van der Waals surface area contributed by atoms with Crippen LogP contribution in [0.3, 0.4) is 0 Å². The average Bonchev–Trinajstić information content (AvgIpc) is 3.04. The lowest BCUT2D eigenvalue weighted by Gasteiger charge is -2.25. The first-order valence-electron chi connectivity index (χ1n) is 8.26. The van der Waals surface area contributed by atoms with Crippen LogP contribution in [0.4, 0.5) is 4.79 Å². The SMILES string of the molecule is CC(C)(C)OC(=O)N1CC2=CN(Cc3ccc(C#N)cc3)C[C@H]2C1. The quantitative estimate of drug-likeness (QED) is 0.838. The van der Waals surface area contributed by atoms with E-state index < -0.39 is 5.60 Å². The molecule has 5 heteroatoms. The van der Waals surface area contributed by atoms with Crippen LogP contribution in [0.2, 0.25) is 0 Å². The third-order valence-electron chi connectivity index (χ3n) is 4.26. The second kappa shape index (κ2) is 6.20. The molecule has 0 bridgehead atoms. The van der Waals surface area contributed by atoms with Gasteiger partial charge in [0.25, 0.3) is 0 Å². The number of amides is 1. The molecule has 24 heavy (non-hydrogen) atoms. The summed E-state index contributed by atoms with van der Waals surface area (Å²) in [6, 6.07) is 9.83. The van der Waals surface area contributed by atoms with Crippen LogP contribution in [0.5, 0.6) is 0 Å². The number of carbonyl (C=O) groups is 1. The van der Waals surface area contributed by atoms with Gasteiger partial charge in [0.05, 0.1) is 11.6 Å². The van der Waals surface area contributed by atoms with Crippen LogP contribution in [0.1, 0.15) is 31.9 Å². The Morgan fingerprint density at radius 1 is 1.29 bits per heavy atom. The fourth-order valence-corrected chi connectivity index (χ4v) is 3.18. The van der Waals surface area contributed by atoms with Gasteiger partial charge in [-0.3, -0.25) is 0 Å². The lowest BCUT2D eigenvalue weighted by atomic mass is 10.1. The van der Waals surface area contributed by atoms with Crippen molar-refractivity contribution in [3.8, 4) is 6.07 Å². The van der Waals surface area contributed by atoms with Gasteiger partial charge in [0.15, 0.2) is 0 Å². The maximum absolute atomic E-state index is 12.2. The molecule has 0 aromatic heterocycles. The summed E-state index contributed by atoms with van der Waals surface area (Å²) in [6.07, 6.45) is 1.95. The van der Waals surface area contributed by atoms with E-state index in [0.717, 1.165) is 19.6 Å². The predicted molar refractivity (Wildman–Crippen MR) is 90.9 cm³/mol. The van der Waals surface area contributed by atoms with E-state index in [4.69, 9.17) is 10.00 Å². The van der Waals surface area contributed by atoms with Gasteiger partial charge in [-0.1, -0.05) is 12.1 Å². The fraction of sp³-hybridized carbons (Fsp3) is 0.474. The first-order chi connectivity index (χ1) is 11.3. The standard InChI is InChI=1S/C19H23N3O2/c1-19(2,3)24-18(23)22-12-16-10-21(11-17(16)13-22)9-15-6-4-14(8-20)5-7-15/h4-7,10,17H,9,11-13H2,1-3H3/t17-/m0/s1. The van der Waals surface area contributed by atoms with Crippen LogP contribution in [0.25, 0.3) is 0 Å². The number of rotatable bonds is 2. The van der Waals surface area contributed by atoms with E-state index in [2.05, 4.69) is 17.2 Å². The van der Waals surface area contributed by atoms with Crippen LogP contribution in [-0.4, -0.2) is 41.1 Å². The Hall–Kier alpha value is -2.48. The van der Waals surface area contributed by atoms with Gasteiger partial charge in [-0.05, 0) is 44.0 Å². The number of hydrogen-bond acceptors (Lipinski definition) is 4. The van der Waals surface area contributed by atoms with E-state index >= 15 is 0 Å². The predicted octanol–water partition coefficient (Wildman–Crippen LogP) is 3.12. The fourth-order valence-electron chi connectivity index (χ4n) is 3.18. The van der Waals surface area contributed by atoms with E-state index in [-0.39, 0.29) is 6.09 Å². The van der Waals surface area contributed by atoms with Gasteiger partial charge in [-0.2, -0.15) is 5.26 Å². The topological polar surface area (TPSA) is 56.6 Å². The third-order valence-corrected chi connectivity index (χ3v) is 4.26. The van der Waals surface area contributed by atoms with Crippen molar-refractivity contribution in [2.24, 2.45) is 5.92 Å². The molecule has 1 aromatic carbocycles. The van der Waals surface area contributed by atoms with E-state index in [9.17, 15) is 4.79 Å². The molecule has 1 atom stereocenters. The van der Waals surface area contributed by atoms with Crippen molar-refractivity contribution in [1.82, 2.24) is 9.80 Å². The molecular weight excluding hydrogens is 302 g/mol. The molecule has 0 N–H and O–H groups in total. The molecule has 126 valence electrons. The number of nitrogens with zero attached hydrogens (tertiary/aromatic N) is 3. The van der Waals surface area contributed by atoms with Crippen molar-refractivity contribution in [3.05, 3.63) is 47.2 Å². The van der Waals surface area contributed by atoms with Crippen LogP contribution >= 0.6 is 0 Å². The molecule has 1 saturated heterocycles. The van der Waals surface area contributed by atoms with Crippen LogP contribution in [-0.2, 0) is 11.3 Å². The number of ether oxygens (including phenoxy) is 1. The Morgan fingerprint density at radius 3 is 2.58 bits per heavy atom. The minimum atomic E-state index is -0.454. The summed E-state index contributed by atoms with van der Waals surface area (Å²) in [7, 11) is 0. The van der Waals surface area contributed by atoms with Gasteiger partial charge >= 0.3 is 6.09 Å². The van der Waals surface area contributed by atoms with Crippen LogP contribution < -0.4 is 0 Å². The van der Waals surface area contributed by atoms with Gasteiger partial charge in [-0.25, -0.2) is 4.79 Å². The molecular formula is C19H23N3O2. The van der Waals surface area contributed by atoms with Crippen LogP contribution in [0.15, 0.2) is 36.0 Å². The Morgan fingerprint density at radius 2 is 2.00 bits per heavy atom. The summed E-state index contributed by atoms with van der Waals surface area (Å²) in [5.74, 6) is 0.399. The van der Waals surface area contributed by atoms with Gasteiger partial charge in [0.2, 0.25) is 0 Å². The highest BCUT2D eigenvalue weighted by Crippen LogP contribution is 2.31. The average molecular weight is 325 g/mol. The molecule has 0 saturated carbocycles. The number of carbonyl (C=O) groups excluding carboxylic acids is 1. The maximum atomic E-state index is 12.2. The highest BCUT2D eigenvalue weighted by atomic mass is 16.6. The first kappa shape index (κ1) is 16.4. The molecule has 1 fully saturated rings. The van der Waals surface area contributed by atoms with Gasteiger partial charge in [-0.15, -0.1) is 0 Å². The van der Waals surface area contributed by atoms with Crippen molar-refractivity contribution in [2.45, 2.75) is 32.9 Å². The van der Waals surface area contributed by atoms with E-state index in [1.54, 1.807) is 4.90 Å². The summed E-state index contributed by atoms with van der Waals surface area (Å²) in [5.41, 5.74) is 2.72. The molecule has 0 unspecified atom stereocenters. The highest BCUT2D eigenvalue weighted by Gasteiger charge is 2.37. The Bertz CT molecular complexity index is 695. The molecule has 2 aliphatic rings. The zero-order valence-electron chi connectivity index (χ0n) is 14.5. The number of benzene rings is 1. The van der Waals surface area contributed by atoms with Crippen LogP contribution in [0, 0.1) is 17.2 Å². The maximum Gasteiger partial charge on any atom is 0.410 e. The second-order valence-corrected chi connectivity index (χ2v) is 7.50. The number of hydrogen-bond donors (Lipinski definition) is 0. The molecule has 0 spiro atoms. The molecule has 2 heterocycles. The second-order valence-electron chi connectivity index (χ2n) is 7.50. The number of likely N-dealkylation sites (tertiary alicyclic amines) is 1. The largest absolute Gasteiger partial charge is 0.444 e. The molecule has 0 radical (unpaired) electrons. The third kappa shape index (κ3) is 3.70. The number of fused-ring (bicyclic) bond motifs is 1. The molecule has 1 aromatic rings. The monoisotopic (exact) mass is 325 g/mol. The molecule has 1 amide bonds. The minimum absolute atomic E-state index is 0.226. The highest BCUT2D eigenvalue weighted by molar-refractivity contribution is 5.69. The molecule has 2 aliphatic heterocycles. The summed E-state index contributed by atoms with van der Waals surface area (Å²) in [5, 5.41) is 8.85. The Labute approximate surface area is 143 Å². The van der Waals surface area contributed by atoms with Crippen molar-refractivity contribution < 1.29 is 9.53 Å².